The molecule has 0 radical (unpaired) electrons. The zero-order valence-electron chi connectivity index (χ0n) is 14.5. The molecule has 2 heterocycles. The summed E-state index contributed by atoms with van der Waals surface area (Å²) >= 11 is 0. The second kappa shape index (κ2) is 7.51. The Kier molecular flexibility index (Phi) is 4.77. The van der Waals surface area contributed by atoms with Gasteiger partial charge in [-0.15, -0.1) is 0 Å². The monoisotopic (exact) mass is 359 g/mol. The minimum Gasteiger partial charge on any atom is -0.487 e. The van der Waals surface area contributed by atoms with Crippen LogP contribution in [0.3, 0.4) is 0 Å². The van der Waals surface area contributed by atoms with Gasteiger partial charge in [0.1, 0.15) is 18.2 Å². The summed E-state index contributed by atoms with van der Waals surface area (Å²) in [5.41, 5.74) is 9.75. The van der Waals surface area contributed by atoms with E-state index in [-0.39, 0.29) is 11.9 Å². The van der Waals surface area contributed by atoms with Crippen LogP contribution in [0.15, 0.2) is 79.1 Å². The second-order valence-corrected chi connectivity index (χ2v) is 6.26. The van der Waals surface area contributed by atoms with Gasteiger partial charge >= 0.3 is 0 Å². The van der Waals surface area contributed by atoms with E-state index in [0.29, 0.717) is 6.61 Å². The van der Waals surface area contributed by atoms with E-state index in [2.05, 4.69) is 9.97 Å². The highest BCUT2D eigenvalue weighted by molar-refractivity contribution is 5.78. The number of hydrogen-bond acceptors (Lipinski definition) is 4. The maximum absolute atomic E-state index is 13.2. The molecule has 0 aliphatic rings. The molecule has 0 aliphatic carbocycles. The summed E-state index contributed by atoms with van der Waals surface area (Å²) in [6, 6.07) is 19.5. The molecule has 2 aromatic carbocycles. The van der Waals surface area contributed by atoms with Crippen molar-refractivity contribution in [3.05, 3.63) is 102 Å². The maximum Gasteiger partial charge on any atom is 0.130 e. The normalized spacial score (nSPS) is 12.1. The predicted octanol–water partition coefficient (Wildman–Crippen LogP) is 4.40. The molecule has 0 aliphatic heterocycles. The molecule has 2 aromatic heterocycles. The number of halogens is 1. The first-order chi connectivity index (χ1) is 13.2. The molecule has 1 atom stereocenters. The van der Waals surface area contributed by atoms with Gasteiger partial charge in [0.25, 0.3) is 0 Å². The lowest BCUT2D eigenvalue weighted by molar-refractivity contribution is 0.301. The molecule has 0 amide bonds. The molecule has 134 valence electrons. The Morgan fingerprint density at radius 2 is 1.81 bits per heavy atom. The van der Waals surface area contributed by atoms with E-state index in [1.54, 1.807) is 18.5 Å². The largest absolute Gasteiger partial charge is 0.487 e. The van der Waals surface area contributed by atoms with Crippen molar-refractivity contribution < 1.29 is 9.13 Å². The first kappa shape index (κ1) is 17.1. The van der Waals surface area contributed by atoms with Crippen molar-refractivity contribution in [2.24, 2.45) is 5.73 Å². The Labute approximate surface area is 156 Å². The topological polar surface area (TPSA) is 61.0 Å². The van der Waals surface area contributed by atoms with Gasteiger partial charge in [0.2, 0.25) is 0 Å². The van der Waals surface area contributed by atoms with Crippen molar-refractivity contribution in [1.82, 2.24) is 9.97 Å². The molecule has 0 saturated heterocycles. The predicted molar refractivity (Wildman–Crippen MR) is 103 cm³/mol. The van der Waals surface area contributed by atoms with Crippen LogP contribution in [0, 0.1) is 5.82 Å². The molecule has 1 unspecified atom stereocenters. The molecule has 5 heteroatoms. The fourth-order valence-electron chi connectivity index (χ4n) is 2.90. The van der Waals surface area contributed by atoms with Crippen LogP contribution in [0.2, 0.25) is 0 Å². The summed E-state index contributed by atoms with van der Waals surface area (Å²) in [6.45, 7) is 0.335. The van der Waals surface area contributed by atoms with Gasteiger partial charge in [-0.3, -0.25) is 4.98 Å². The molecular formula is C22H18FN3O. The molecule has 0 bridgehead atoms. The zero-order chi connectivity index (χ0) is 18.6. The van der Waals surface area contributed by atoms with E-state index in [0.717, 1.165) is 33.5 Å². The van der Waals surface area contributed by atoms with Crippen molar-refractivity contribution in [2.45, 2.75) is 12.6 Å². The van der Waals surface area contributed by atoms with Crippen LogP contribution in [-0.4, -0.2) is 9.97 Å². The summed E-state index contributed by atoms with van der Waals surface area (Å²) in [6.07, 6.45) is 3.50. The van der Waals surface area contributed by atoms with Crippen LogP contribution in [-0.2, 0) is 6.61 Å². The highest BCUT2D eigenvalue weighted by Crippen LogP contribution is 2.22. The number of aromatic nitrogens is 2. The van der Waals surface area contributed by atoms with Crippen LogP contribution in [0.4, 0.5) is 4.39 Å². The lowest BCUT2D eigenvalue weighted by Gasteiger charge is -2.13. The van der Waals surface area contributed by atoms with Gasteiger partial charge in [-0.25, -0.2) is 9.37 Å². The number of nitrogens with zero attached hydrogens (tertiary/aromatic N) is 2. The van der Waals surface area contributed by atoms with Crippen molar-refractivity contribution >= 4 is 10.9 Å². The Balaban J connectivity index is 1.43. The second-order valence-electron chi connectivity index (χ2n) is 6.26. The number of benzene rings is 2. The molecule has 4 nitrogen and oxygen atoms in total. The maximum atomic E-state index is 13.2. The Morgan fingerprint density at radius 1 is 0.963 bits per heavy atom. The molecule has 0 saturated carbocycles. The van der Waals surface area contributed by atoms with Gasteiger partial charge in [-0.2, -0.15) is 0 Å². The van der Waals surface area contributed by atoms with Crippen LogP contribution < -0.4 is 10.5 Å². The third-order valence-corrected chi connectivity index (χ3v) is 4.38. The molecule has 4 rings (SSSR count). The quantitative estimate of drug-likeness (QED) is 0.574. The standard InChI is InChI=1S/C22H18FN3O/c23-18-6-10-21-16(12-18)3-7-19(26-21)14-27-20-8-4-15(5-9-20)22(24)17-2-1-11-25-13-17/h1-13,22H,14,24H2. The summed E-state index contributed by atoms with van der Waals surface area (Å²) in [5.74, 6) is 0.469. The summed E-state index contributed by atoms with van der Waals surface area (Å²) < 4.78 is 19.1. The SMILES string of the molecule is NC(c1ccc(OCc2ccc3cc(F)ccc3n2)cc1)c1cccnc1. The van der Waals surface area contributed by atoms with E-state index in [1.807, 2.05) is 48.5 Å². The van der Waals surface area contributed by atoms with E-state index in [1.165, 1.54) is 12.1 Å². The lowest BCUT2D eigenvalue weighted by Crippen LogP contribution is -2.11. The average molecular weight is 359 g/mol. The van der Waals surface area contributed by atoms with Gasteiger partial charge in [-0.1, -0.05) is 24.3 Å². The highest BCUT2D eigenvalue weighted by Gasteiger charge is 2.09. The first-order valence-electron chi connectivity index (χ1n) is 8.62. The smallest absolute Gasteiger partial charge is 0.130 e. The van der Waals surface area contributed by atoms with Crippen molar-refractivity contribution in [2.75, 3.05) is 0 Å². The van der Waals surface area contributed by atoms with Crippen molar-refractivity contribution in [3.63, 3.8) is 0 Å². The minimum absolute atomic E-state index is 0.227. The van der Waals surface area contributed by atoms with E-state index in [4.69, 9.17) is 10.5 Å². The number of hydrogen-bond donors (Lipinski definition) is 1. The minimum atomic E-state index is -0.266. The average Bonchev–Trinajstić information content (AvgIpc) is 2.72. The van der Waals surface area contributed by atoms with Crippen LogP contribution in [0.1, 0.15) is 22.9 Å². The Bertz CT molecular complexity index is 1050. The summed E-state index contributed by atoms with van der Waals surface area (Å²) in [4.78, 5) is 8.60. The lowest BCUT2D eigenvalue weighted by atomic mass is 10.0. The van der Waals surface area contributed by atoms with E-state index < -0.39 is 0 Å². The van der Waals surface area contributed by atoms with E-state index in [9.17, 15) is 4.39 Å². The number of pyridine rings is 2. The van der Waals surface area contributed by atoms with Gasteiger partial charge < -0.3 is 10.5 Å². The zero-order valence-corrected chi connectivity index (χ0v) is 14.5. The van der Waals surface area contributed by atoms with E-state index >= 15 is 0 Å². The summed E-state index contributed by atoms with van der Waals surface area (Å²) in [7, 11) is 0. The molecule has 0 fully saturated rings. The van der Waals surface area contributed by atoms with Gasteiger partial charge in [-0.05, 0) is 53.6 Å². The molecular weight excluding hydrogens is 341 g/mol. The van der Waals surface area contributed by atoms with Crippen molar-refractivity contribution in [1.29, 1.82) is 0 Å². The van der Waals surface area contributed by atoms with Gasteiger partial charge in [0.15, 0.2) is 0 Å². The summed E-state index contributed by atoms with van der Waals surface area (Å²) in [5, 5.41) is 0.771. The number of ether oxygens (including phenoxy) is 1. The van der Waals surface area contributed by atoms with Crippen LogP contribution in [0.25, 0.3) is 10.9 Å². The number of fused-ring (bicyclic) bond motifs is 1. The van der Waals surface area contributed by atoms with Crippen LogP contribution >= 0.6 is 0 Å². The Morgan fingerprint density at radius 3 is 2.59 bits per heavy atom. The van der Waals surface area contributed by atoms with Crippen molar-refractivity contribution in [3.8, 4) is 5.75 Å². The first-order valence-corrected chi connectivity index (χ1v) is 8.62. The molecule has 0 spiro atoms. The van der Waals surface area contributed by atoms with Crippen LogP contribution in [0.5, 0.6) is 5.75 Å². The number of nitrogens with two attached hydrogens (primary N) is 1. The fraction of sp³-hybridized carbons (Fsp3) is 0.0909. The fourth-order valence-corrected chi connectivity index (χ4v) is 2.90. The highest BCUT2D eigenvalue weighted by atomic mass is 19.1. The van der Waals surface area contributed by atoms with Gasteiger partial charge in [0.05, 0.1) is 17.3 Å². The third-order valence-electron chi connectivity index (χ3n) is 4.38. The molecule has 2 N–H and O–H groups in total. The molecule has 27 heavy (non-hydrogen) atoms. The Hall–Kier alpha value is -3.31. The molecule has 4 aromatic rings. The number of rotatable bonds is 5. The van der Waals surface area contributed by atoms with Gasteiger partial charge in [0, 0.05) is 17.8 Å². The third kappa shape index (κ3) is 3.93.